The first kappa shape index (κ1) is 22.6. The molecular formula is C26H20ClN3O2S. The van der Waals surface area contributed by atoms with Crippen LogP contribution >= 0.6 is 23.4 Å². The van der Waals surface area contributed by atoms with Gasteiger partial charge in [0.25, 0.3) is 5.91 Å². The molecule has 0 unspecified atom stereocenters. The van der Waals surface area contributed by atoms with Gasteiger partial charge in [-0.2, -0.15) is 0 Å². The second kappa shape index (κ2) is 9.90. The van der Waals surface area contributed by atoms with Gasteiger partial charge in [-0.15, -0.1) is 11.8 Å². The third-order valence-electron chi connectivity index (χ3n) is 5.05. The number of aromatic nitrogens is 1. The van der Waals surface area contributed by atoms with E-state index in [1.54, 1.807) is 36.2 Å². The number of rotatable bonds is 6. The Morgan fingerprint density at radius 3 is 2.52 bits per heavy atom. The molecule has 1 aromatic heterocycles. The van der Waals surface area contributed by atoms with Crippen molar-refractivity contribution in [3.63, 3.8) is 0 Å². The number of hydrogen-bond acceptors (Lipinski definition) is 4. The molecule has 0 bridgehead atoms. The number of primary amides is 1. The predicted molar refractivity (Wildman–Crippen MR) is 135 cm³/mol. The van der Waals surface area contributed by atoms with Crippen LogP contribution in [0.4, 0.5) is 5.69 Å². The van der Waals surface area contributed by atoms with Crippen LogP contribution in [0.15, 0.2) is 90.0 Å². The van der Waals surface area contributed by atoms with E-state index in [1.807, 2.05) is 60.9 Å². The summed E-state index contributed by atoms with van der Waals surface area (Å²) < 4.78 is 0. The zero-order valence-corrected chi connectivity index (χ0v) is 19.3. The second-order valence-electron chi connectivity index (χ2n) is 7.25. The third-order valence-corrected chi connectivity index (χ3v) is 5.99. The van der Waals surface area contributed by atoms with E-state index >= 15 is 0 Å². The molecule has 0 spiro atoms. The van der Waals surface area contributed by atoms with Crippen LogP contribution in [0, 0.1) is 0 Å². The first-order valence-electron chi connectivity index (χ1n) is 10.1. The SMILES string of the molecule is CSc1ccc(C(=O)Nc2cccc(-c3ccccn3)c2)c(-c2cc(Cl)cc(C(N)=O)c2)c1. The lowest BCUT2D eigenvalue weighted by atomic mass is 9.97. The van der Waals surface area contributed by atoms with Crippen LogP contribution in [0.2, 0.25) is 5.02 Å². The zero-order valence-electron chi connectivity index (χ0n) is 17.7. The number of nitrogens with two attached hydrogens (primary N) is 1. The number of carbonyl (C=O) groups is 2. The molecule has 0 atom stereocenters. The molecule has 1 heterocycles. The van der Waals surface area contributed by atoms with Crippen molar-refractivity contribution < 1.29 is 9.59 Å². The molecule has 0 saturated heterocycles. The molecule has 3 N–H and O–H groups in total. The lowest BCUT2D eigenvalue weighted by Crippen LogP contribution is -2.14. The van der Waals surface area contributed by atoms with E-state index in [1.165, 1.54) is 6.07 Å². The number of thioether (sulfide) groups is 1. The molecular weight excluding hydrogens is 454 g/mol. The van der Waals surface area contributed by atoms with E-state index in [0.717, 1.165) is 16.2 Å². The highest BCUT2D eigenvalue weighted by molar-refractivity contribution is 7.98. The molecule has 5 nitrogen and oxygen atoms in total. The maximum absolute atomic E-state index is 13.3. The normalized spacial score (nSPS) is 10.6. The van der Waals surface area contributed by atoms with Crippen molar-refractivity contribution in [3.05, 3.63) is 101 Å². The molecule has 4 rings (SSSR count). The van der Waals surface area contributed by atoms with Crippen LogP contribution in [0.1, 0.15) is 20.7 Å². The lowest BCUT2D eigenvalue weighted by molar-refractivity contribution is 0.0998. The highest BCUT2D eigenvalue weighted by atomic mass is 35.5. The van der Waals surface area contributed by atoms with Gasteiger partial charge in [0, 0.05) is 38.5 Å². The van der Waals surface area contributed by atoms with Crippen molar-refractivity contribution in [2.45, 2.75) is 4.90 Å². The number of nitrogens with zero attached hydrogens (tertiary/aromatic N) is 1. The van der Waals surface area contributed by atoms with Crippen molar-refractivity contribution in [1.29, 1.82) is 0 Å². The largest absolute Gasteiger partial charge is 0.366 e. The molecule has 33 heavy (non-hydrogen) atoms. The molecule has 0 fully saturated rings. The highest BCUT2D eigenvalue weighted by Gasteiger charge is 2.16. The molecule has 0 aliphatic carbocycles. The average Bonchev–Trinajstić information content (AvgIpc) is 2.84. The Morgan fingerprint density at radius 1 is 0.939 bits per heavy atom. The van der Waals surface area contributed by atoms with Gasteiger partial charge in [0.05, 0.1) is 5.69 Å². The highest BCUT2D eigenvalue weighted by Crippen LogP contribution is 2.32. The summed E-state index contributed by atoms with van der Waals surface area (Å²) in [5.41, 5.74) is 9.85. The first-order valence-corrected chi connectivity index (χ1v) is 11.7. The van der Waals surface area contributed by atoms with Gasteiger partial charge in [0.2, 0.25) is 5.91 Å². The molecule has 0 aliphatic heterocycles. The summed E-state index contributed by atoms with van der Waals surface area (Å²) in [6.45, 7) is 0. The van der Waals surface area contributed by atoms with Gasteiger partial charge in [0.1, 0.15) is 0 Å². The first-order chi connectivity index (χ1) is 15.9. The Kier molecular flexibility index (Phi) is 6.77. The molecule has 7 heteroatoms. The van der Waals surface area contributed by atoms with Crippen LogP contribution in [-0.4, -0.2) is 23.1 Å². The van der Waals surface area contributed by atoms with Crippen LogP contribution < -0.4 is 11.1 Å². The van der Waals surface area contributed by atoms with E-state index in [0.29, 0.717) is 27.4 Å². The molecule has 4 aromatic rings. The second-order valence-corrected chi connectivity index (χ2v) is 8.57. The van der Waals surface area contributed by atoms with Crippen LogP contribution in [0.3, 0.4) is 0 Å². The van der Waals surface area contributed by atoms with E-state index in [2.05, 4.69) is 10.3 Å². The van der Waals surface area contributed by atoms with Gasteiger partial charge in [-0.3, -0.25) is 14.6 Å². The molecule has 164 valence electrons. The number of halogens is 1. The summed E-state index contributed by atoms with van der Waals surface area (Å²) in [4.78, 5) is 30.4. The predicted octanol–water partition coefficient (Wildman–Crippen LogP) is 6.14. The maximum atomic E-state index is 13.3. The molecule has 0 radical (unpaired) electrons. The van der Waals surface area contributed by atoms with E-state index in [4.69, 9.17) is 17.3 Å². The monoisotopic (exact) mass is 473 g/mol. The quantitative estimate of drug-likeness (QED) is 0.329. The Balaban J connectivity index is 1.72. The summed E-state index contributed by atoms with van der Waals surface area (Å²) in [6, 6.07) is 23.6. The van der Waals surface area contributed by atoms with Crippen LogP contribution in [0.5, 0.6) is 0 Å². The molecule has 0 saturated carbocycles. The Bertz CT molecular complexity index is 1340. The minimum Gasteiger partial charge on any atom is -0.366 e. The third kappa shape index (κ3) is 5.25. The topological polar surface area (TPSA) is 85.1 Å². The number of pyridine rings is 1. The summed E-state index contributed by atoms with van der Waals surface area (Å²) in [6.07, 6.45) is 3.68. The fourth-order valence-corrected chi connectivity index (χ4v) is 4.14. The van der Waals surface area contributed by atoms with Crippen molar-refractivity contribution in [1.82, 2.24) is 4.98 Å². The Labute approximate surface area is 201 Å². The fourth-order valence-electron chi connectivity index (χ4n) is 3.46. The van der Waals surface area contributed by atoms with Gasteiger partial charge < -0.3 is 11.1 Å². The van der Waals surface area contributed by atoms with E-state index in [-0.39, 0.29) is 11.5 Å². The Hall–Kier alpha value is -3.61. The number of hydrogen-bond donors (Lipinski definition) is 2. The average molecular weight is 474 g/mol. The molecule has 3 aromatic carbocycles. The van der Waals surface area contributed by atoms with Gasteiger partial charge in [-0.05, 0) is 78.0 Å². The van der Waals surface area contributed by atoms with Crippen LogP contribution in [0.25, 0.3) is 22.4 Å². The number of nitrogens with one attached hydrogen (secondary N) is 1. The smallest absolute Gasteiger partial charge is 0.256 e. The van der Waals surface area contributed by atoms with Crippen LogP contribution in [-0.2, 0) is 0 Å². The minimum atomic E-state index is -0.586. The zero-order chi connectivity index (χ0) is 23.4. The summed E-state index contributed by atoms with van der Waals surface area (Å²) >= 11 is 7.79. The van der Waals surface area contributed by atoms with E-state index in [9.17, 15) is 9.59 Å². The minimum absolute atomic E-state index is 0.279. The summed E-state index contributed by atoms with van der Waals surface area (Å²) in [5.74, 6) is -0.867. The van der Waals surface area contributed by atoms with Crippen molar-refractivity contribution >= 4 is 40.9 Å². The number of anilines is 1. The Morgan fingerprint density at radius 2 is 1.79 bits per heavy atom. The van der Waals surface area contributed by atoms with Gasteiger partial charge in [0.15, 0.2) is 0 Å². The summed E-state index contributed by atoms with van der Waals surface area (Å²) in [7, 11) is 0. The standard InChI is InChI=1S/C26H20ClN3O2S/c1-33-21-8-9-22(23(15-21)17-11-18(25(28)31)13-19(27)12-17)26(32)30-20-6-4-5-16(14-20)24-7-2-3-10-29-24/h2-15H,1H3,(H2,28,31)(H,30,32). The fraction of sp³-hybridized carbons (Fsp3) is 0.0385. The number of benzene rings is 3. The van der Waals surface area contributed by atoms with Gasteiger partial charge in [-0.25, -0.2) is 0 Å². The number of carbonyl (C=O) groups excluding carboxylic acids is 2. The lowest BCUT2D eigenvalue weighted by Gasteiger charge is -2.14. The number of amides is 2. The molecule has 0 aliphatic rings. The van der Waals surface area contributed by atoms with Gasteiger partial charge in [-0.1, -0.05) is 29.8 Å². The molecule has 2 amide bonds. The maximum Gasteiger partial charge on any atom is 0.256 e. The van der Waals surface area contributed by atoms with Gasteiger partial charge >= 0.3 is 0 Å². The van der Waals surface area contributed by atoms with E-state index < -0.39 is 5.91 Å². The van der Waals surface area contributed by atoms with Crippen molar-refractivity contribution in [2.24, 2.45) is 5.73 Å². The summed E-state index contributed by atoms with van der Waals surface area (Å²) in [5, 5.41) is 3.34. The van der Waals surface area contributed by atoms with Crippen molar-refractivity contribution in [3.8, 4) is 22.4 Å². The van der Waals surface area contributed by atoms with Crippen molar-refractivity contribution in [2.75, 3.05) is 11.6 Å².